The van der Waals surface area contributed by atoms with Crippen molar-refractivity contribution < 1.29 is 18.7 Å². The summed E-state index contributed by atoms with van der Waals surface area (Å²) in [5.41, 5.74) is 0.817. The first-order valence-electron chi connectivity index (χ1n) is 7.40. The van der Waals surface area contributed by atoms with E-state index in [0.29, 0.717) is 11.3 Å². The number of rotatable bonds is 6. The SMILES string of the molecule is Cc1ccc(NC(=O)COC(=O)[C@H](C)Sc2ccccc2)cc1F. The highest BCUT2D eigenvalue weighted by atomic mass is 32.2. The first-order chi connectivity index (χ1) is 11.5. The minimum atomic E-state index is -0.511. The van der Waals surface area contributed by atoms with E-state index in [1.807, 2.05) is 30.3 Å². The van der Waals surface area contributed by atoms with Gasteiger partial charge in [-0.3, -0.25) is 9.59 Å². The summed E-state index contributed by atoms with van der Waals surface area (Å²) in [6.45, 7) is 2.94. The molecule has 0 aromatic heterocycles. The second-order valence-corrected chi connectivity index (χ2v) is 6.61. The Morgan fingerprint density at radius 1 is 1.21 bits per heavy atom. The fourth-order valence-electron chi connectivity index (χ4n) is 1.87. The number of thioether (sulfide) groups is 1. The summed E-state index contributed by atoms with van der Waals surface area (Å²) in [7, 11) is 0. The van der Waals surface area contributed by atoms with Gasteiger partial charge in [-0.25, -0.2) is 4.39 Å². The van der Waals surface area contributed by atoms with E-state index in [1.165, 1.54) is 17.8 Å². The van der Waals surface area contributed by atoms with Gasteiger partial charge in [0.25, 0.3) is 5.91 Å². The van der Waals surface area contributed by atoms with E-state index in [4.69, 9.17) is 4.74 Å². The third-order valence-corrected chi connectivity index (χ3v) is 4.28. The van der Waals surface area contributed by atoms with Gasteiger partial charge in [0.1, 0.15) is 11.1 Å². The third kappa shape index (κ3) is 5.38. The van der Waals surface area contributed by atoms with Gasteiger partial charge in [-0.1, -0.05) is 24.3 Å². The fraction of sp³-hybridized carbons (Fsp3) is 0.222. The molecule has 1 N–H and O–H groups in total. The van der Waals surface area contributed by atoms with E-state index >= 15 is 0 Å². The fourth-order valence-corrected chi connectivity index (χ4v) is 2.76. The highest BCUT2D eigenvalue weighted by molar-refractivity contribution is 8.00. The summed E-state index contributed by atoms with van der Waals surface area (Å²) in [5, 5.41) is 2.06. The standard InChI is InChI=1S/C18H18FNO3S/c1-12-8-9-14(10-16(12)19)20-17(21)11-23-18(22)13(2)24-15-6-4-3-5-7-15/h3-10,13H,11H2,1-2H3,(H,20,21)/t13-/m0/s1. The van der Waals surface area contributed by atoms with E-state index in [9.17, 15) is 14.0 Å². The van der Waals surface area contributed by atoms with Gasteiger partial charge in [0.15, 0.2) is 6.61 Å². The zero-order valence-electron chi connectivity index (χ0n) is 13.4. The van der Waals surface area contributed by atoms with Gasteiger partial charge in [0, 0.05) is 10.6 Å². The number of anilines is 1. The van der Waals surface area contributed by atoms with E-state index in [2.05, 4.69) is 5.32 Å². The zero-order valence-corrected chi connectivity index (χ0v) is 14.2. The lowest BCUT2D eigenvalue weighted by Gasteiger charge is -2.11. The van der Waals surface area contributed by atoms with Crippen molar-refractivity contribution in [2.24, 2.45) is 0 Å². The van der Waals surface area contributed by atoms with Crippen LogP contribution in [0.4, 0.5) is 10.1 Å². The number of carbonyl (C=O) groups excluding carboxylic acids is 2. The predicted molar refractivity (Wildman–Crippen MR) is 92.5 cm³/mol. The summed E-state index contributed by atoms with van der Waals surface area (Å²) in [4.78, 5) is 24.6. The van der Waals surface area contributed by atoms with Crippen LogP contribution in [-0.4, -0.2) is 23.7 Å². The molecule has 126 valence electrons. The van der Waals surface area contributed by atoms with Gasteiger partial charge in [-0.15, -0.1) is 11.8 Å². The van der Waals surface area contributed by atoms with Crippen LogP contribution in [0.1, 0.15) is 12.5 Å². The number of esters is 1. The monoisotopic (exact) mass is 347 g/mol. The smallest absolute Gasteiger partial charge is 0.319 e. The number of halogens is 1. The van der Waals surface area contributed by atoms with Gasteiger partial charge >= 0.3 is 5.97 Å². The molecule has 2 rings (SSSR count). The maximum Gasteiger partial charge on any atom is 0.319 e. The van der Waals surface area contributed by atoms with Crippen LogP contribution in [0.5, 0.6) is 0 Å². The number of carbonyl (C=O) groups is 2. The molecule has 1 atom stereocenters. The lowest BCUT2D eigenvalue weighted by atomic mass is 10.2. The molecular formula is C18H18FNO3S. The van der Waals surface area contributed by atoms with Gasteiger partial charge in [0.05, 0.1) is 0 Å². The Kier molecular flexibility index (Phi) is 6.37. The molecule has 0 spiro atoms. The topological polar surface area (TPSA) is 55.4 Å². The van der Waals surface area contributed by atoms with Crippen molar-refractivity contribution in [3.8, 4) is 0 Å². The minimum absolute atomic E-state index is 0.325. The number of hydrogen-bond acceptors (Lipinski definition) is 4. The van der Waals surface area contributed by atoms with Crippen LogP contribution >= 0.6 is 11.8 Å². The number of benzene rings is 2. The molecule has 0 radical (unpaired) electrons. The average Bonchev–Trinajstić information content (AvgIpc) is 2.57. The number of amides is 1. The molecule has 0 aliphatic carbocycles. The van der Waals surface area contributed by atoms with Crippen molar-refractivity contribution in [3.63, 3.8) is 0 Å². The average molecular weight is 347 g/mol. The molecule has 0 saturated carbocycles. The second kappa shape index (κ2) is 8.49. The maximum atomic E-state index is 13.4. The highest BCUT2D eigenvalue weighted by Crippen LogP contribution is 2.23. The molecule has 0 heterocycles. The number of ether oxygens (including phenoxy) is 1. The van der Waals surface area contributed by atoms with Crippen molar-refractivity contribution in [1.82, 2.24) is 0 Å². The number of hydrogen-bond donors (Lipinski definition) is 1. The largest absolute Gasteiger partial charge is 0.455 e. The molecule has 1 amide bonds. The van der Waals surface area contributed by atoms with Crippen LogP contribution in [-0.2, 0) is 14.3 Å². The summed E-state index contributed by atoms with van der Waals surface area (Å²) >= 11 is 1.36. The van der Waals surface area contributed by atoms with Crippen molar-refractivity contribution in [3.05, 3.63) is 59.9 Å². The van der Waals surface area contributed by atoms with Crippen LogP contribution < -0.4 is 5.32 Å². The van der Waals surface area contributed by atoms with Crippen molar-refractivity contribution in [1.29, 1.82) is 0 Å². The molecular weight excluding hydrogens is 329 g/mol. The molecule has 4 nitrogen and oxygen atoms in total. The van der Waals surface area contributed by atoms with E-state index < -0.39 is 29.6 Å². The summed E-state index contributed by atoms with van der Waals surface area (Å²) in [6, 6.07) is 13.8. The number of aryl methyl sites for hydroxylation is 1. The first kappa shape index (κ1) is 18.0. The van der Waals surface area contributed by atoms with Gasteiger partial charge < -0.3 is 10.1 Å². The molecule has 0 fully saturated rings. The Balaban J connectivity index is 1.80. The van der Waals surface area contributed by atoms with Crippen molar-refractivity contribution in [2.45, 2.75) is 24.0 Å². The van der Waals surface area contributed by atoms with Crippen LogP contribution in [0.3, 0.4) is 0 Å². The lowest BCUT2D eigenvalue weighted by molar-refractivity contribution is -0.146. The maximum absolute atomic E-state index is 13.4. The molecule has 0 aliphatic heterocycles. The Morgan fingerprint density at radius 2 is 1.92 bits per heavy atom. The van der Waals surface area contributed by atoms with Crippen molar-refractivity contribution >= 4 is 29.3 Å². The molecule has 0 bridgehead atoms. The van der Waals surface area contributed by atoms with Crippen LogP contribution in [0.15, 0.2) is 53.4 Å². The predicted octanol–water partition coefficient (Wildman–Crippen LogP) is 3.80. The lowest BCUT2D eigenvalue weighted by Crippen LogP contribution is -2.24. The van der Waals surface area contributed by atoms with Gasteiger partial charge in [0.2, 0.25) is 0 Å². The Hall–Kier alpha value is -2.34. The quantitative estimate of drug-likeness (QED) is 0.638. The highest BCUT2D eigenvalue weighted by Gasteiger charge is 2.17. The molecule has 0 saturated heterocycles. The van der Waals surface area contributed by atoms with Crippen LogP contribution in [0.25, 0.3) is 0 Å². The van der Waals surface area contributed by atoms with E-state index in [-0.39, 0.29) is 0 Å². The van der Waals surface area contributed by atoms with Gasteiger partial charge in [-0.2, -0.15) is 0 Å². The molecule has 0 aliphatic rings. The second-order valence-electron chi connectivity index (χ2n) is 5.19. The Bertz CT molecular complexity index is 721. The first-order valence-corrected chi connectivity index (χ1v) is 8.28. The minimum Gasteiger partial charge on any atom is -0.455 e. The van der Waals surface area contributed by atoms with E-state index in [0.717, 1.165) is 4.90 Å². The van der Waals surface area contributed by atoms with Crippen LogP contribution in [0, 0.1) is 12.7 Å². The van der Waals surface area contributed by atoms with Crippen LogP contribution in [0.2, 0.25) is 0 Å². The normalized spacial score (nSPS) is 11.6. The third-order valence-electron chi connectivity index (χ3n) is 3.19. The van der Waals surface area contributed by atoms with Crippen molar-refractivity contribution in [2.75, 3.05) is 11.9 Å². The summed E-state index contributed by atoms with van der Waals surface area (Å²) in [6.07, 6.45) is 0. The molecule has 24 heavy (non-hydrogen) atoms. The molecule has 2 aromatic rings. The summed E-state index contributed by atoms with van der Waals surface area (Å²) < 4.78 is 18.4. The zero-order chi connectivity index (χ0) is 17.5. The van der Waals surface area contributed by atoms with E-state index in [1.54, 1.807) is 26.0 Å². The molecule has 6 heteroatoms. The Labute approximate surface area is 144 Å². The molecule has 2 aromatic carbocycles. The summed E-state index contributed by atoms with van der Waals surface area (Å²) in [5.74, 6) is -1.39. The number of nitrogens with one attached hydrogen (secondary N) is 1. The van der Waals surface area contributed by atoms with Gasteiger partial charge in [-0.05, 0) is 43.7 Å². The molecule has 0 unspecified atom stereocenters. The Morgan fingerprint density at radius 3 is 2.58 bits per heavy atom.